The van der Waals surface area contributed by atoms with Crippen LogP contribution in [0.15, 0.2) is 42.5 Å². The lowest BCUT2D eigenvalue weighted by molar-refractivity contribution is -0.153. The fourth-order valence-corrected chi connectivity index (χ4v) is 2.27. The molecular weight excluding hydrogens is 228 g/mol. The Labute approximate surface area is 107 Å². The van der Waals surface area contributed by atoms with Gasteiger partial charge in [-0.05, 0) is 19.4 Å². The van der Waals surface area contributed by atoms with Crippen LogP contribution in [0.2, 0.25) is 0 Å². The molecule has 1 aromatic rings. The molecule has 1 fully saturated rings. The van der Waals surface area contributed by atoms with Crippen LogP contribution in [-0.2, 0) is 19.9 Å². The molecule has 0 aromatic heterocycles. The molecule has 3 nitrogen and oxygen atoms in total. The smallest absolute Gasteiger partial charge is 0.333 e. The van der Waals surface area contributed by atoms with E-state index in [0.29, 0.717) is 6.42 Å². The van der Waals surface area contributed by atoms with E-state index in [9.17, 15) is 4.79 Å². The zero-order chi connectivity index (χ0) is 13.2. The van der Waals surface area contributed by atoms with Gasteiger partial charge in [-0.25, -0.2) is 4.79 Å². The van der Waals surface area contributed by atoms with Gasteiger partial charge in [0.1, 0.15) is 0 Å². The first kappa shape index (κ1) is 12.8. The predicted molar refractivity (Wildman–Crippen MR) is 68.8 cm³/mol. The zero-order valence-corrected chi connectivity index (χ0v) is 11.0. The molecule has 2 rings (SSSR count). The summed E-state index contributed by atoms with van der Waals surface area (Å²) < 4.78 is 11.2. The molecule has 96 valence electrons. The van der Waals surface area contributed by atoms with Crippen LogP contribution in [0.5, 0.6) is 0 Å². The average molecular weight is 246 g/mol. The molecule has 1 aliphatic rings. The Hall–Kier alpha value is -1.61. The number of benzene rings is 1. The third-order valence-electron chi connectivity index (χ3n) is 3.41. The van der Waals surface area contributed by atoms with E-state index in [2.05, 4.69) is 0 Å². The van der Waals surface area contributed by atoms with Gasteiger partial charge in [0.25, 0.3) is 0 Å². The van der Waals surface area contributed by atoms with Crippen LogP contribution >= 0.6 is 0 Å². The maximum absolute atomic E-state index is 11.6. The van der Waals surface area contributed by atoms with E-state index < -0.39 is 11.4 Å². The highest BCUT2D eigenvalue weighted by Gasteiger charge is 2.70. The Balaban J connectivity index is 2.21. The molecule has 2 unspecified atom stereocenters. The Morgan fingerprint density at radius 3 is 2.61 bits per heavy atom. The van der Waals surface area contributed by atoms with Gasteiger partial charge in [-0.3, -0.25) is 0 Å². The van der Waals surface area contributed by atoms with Crippen molar-refractivity contribution < 1.29 is 14.3 Å². The molecule has 18 heavy (non-hydrogen) atoms. The normalized spacial score (nSPS) is 30.4. The summed E-state index contributed by atoms with van der Waals surface area (Å²) in [5.41, 5.74) is 0.486. The number of rotatable bonds is 4. The van der Waals surface area contributed by atoms with Crippen molar-refractivity contribution in [1.29, 1.82) is 0 Å². The van der Waals surface area contributed by atoms with Crippen molar-refractivity contribution in [2.75, 3.05) is 0 Å². The Kier molecular flexibility index (Phi) is 3.26. The third-order valence-corrected chi connectivity index (χ3v) is 3.41. The molecule has 0 aliphatic carbocycles. The molecule has 1 aliphatic heterocycles. The summed E-state index contributed by atoms with van der Waals surface area (Å²) in [5.74, 6) is -1.19. The molecule has 1 heterocycles. The molecule has 0 spiro atoms. The highest BCUT2D eigenvalue weighted by molar-refractivity contribution is 5.82. The van der Waals surface area contributed by atoms with Crippen molar-refractivity contribution in [2.24, 2.45) is 0 Å². The lowest BCUT2D eigenvalue weighted by Crippen LogP contribution is -2.27. The minimum absolute atomic E-state index is 0.362. The van der Waals surface area contributed by atoms with Crippen LogP contribution in [0.3, 0.4) is 0 Å². The molecule has 0 amide bonds. The second kappa shape index (κ2) is 4.58. The molecule has 0 saturated carbocycles. The summed E-state index contributed by atoms with van der Waals surface area (Å²) in [6.45, 7) is 5.69. The molecule has 0 radical (unpaired) electrons. The third kappa shape index (κ3) is 1.95. The summed E-state index contributed by atoms with van der Waals surface area (Å²) in [6, 6.07) is 9.84. The number of allylic oxidation sites excluding steroid dienone is 1. The van der Waals surface area contributed by atoms with E-state index >= 15 is 0 Å². The Morgan fingerprint density at radius 1 is 1.39 bits per heavy atom. The number of ether oxygens (including phenoxy) is 2. The van der Waals surface area contributed by atoms with Gasteiger partial charge in [0.2, 0.25) is 5.79 Å². The maximum Gasteiger partial charge on any atom is 0.333 e. The number of epoxide rings is 1. The molecule has 1 aromatic carbocycles. The Morgan fingerprint density at radius 2 is 2.06 bits per heavy atom. The highest BCUT2D eigenvalue weighted by Crippen LogP contribution is 2.58. The van der Waals surface area contributed by atoms with E-state index in [1.54, 1.807) is 13.0 Å². The van der Waals surface area contributed by atoms with Crippen LogP contribution in [0, 0.1) is 0 Å². The maximum atomic E-state index is 11.6. The number of hydrogen-bond acceptors (Lipinski definition) is 3. The number of esters is 1. The molecule has 2 atom stereocenters. The van der Waals surface area contributed by atoms with Gasteiger partial charge in [0.15, 0.2) is 5.60 Å². The van der Waals surface area contributed by atoms with Crippen LogP contribution in [-0.4, -0.2) is 11.8 Å². The fraction of sp³-hybridized carbons (Fsp3) is 0.400. The lowest BCUT2D eigenvalue weighted by atomic mass is 9.93. The van der Waals surface area contributed by atoms with Gasteiger partial charge in [-0.2, -0.15) is 0 Å². The molecule has 0 bridgehead atoms. The quantitative estimate of drug-likeness (QED) is 0.465. The van der Waals surface area contributed by atoms with Crippen molar-refractivity contribution in [3.8, 4) is 0 Å². The summed E-state index contributed by atoms with van der Waals surface area (Å²) in [6.07, 6.45) is 3.69. The van der Waals surface area contributed by atoms with Gasteiger partial charge in [-0.1, -0.05) is 43.3 Å². The number of carbonyl (C=O) groups excluding carboxylic acids is 1. The van der Waals surface area contributed by atoms with Gasteiger partial charge in [-0.15, -0.1) is 0 Å². The highest BCUT2D eigenvalue weighted by atomic mass is 16.8. The van der Waals surface area contributed by atoms with Crippen molar-refractivity contribution in [1.82, 2.24) is 0 Å². The van der Waals surface area contributed by atoms with E-state index in [0.717, 1.165) is 5.56 Å². The number of hydrogen-bond donors (Lipinski definition) is 0. The van der Waals surface area contributed by atoms with Crippen LogP contribution in [0.4, 0.5) is 0 Å². The second-order valence-corrected chi connectivity index (χ2v) is 4.53. The molecule has 3 heteroatoms. The van der Waals surface area contributed by atoms with Crippen molar-refractivity contribution in [3.63, 3.8) is 0 Å². The van der Waals surface area contributed by atoms with Crippen molar-refractivity contribution in [2.45, 2.75) is 38.6 Å². The van der Waals surface area contributed by atoms with Crippen LogP contribution in [0.25, 0.3) is 0 Å². The summed E-state index contributed by atoms with van der Waals surface area (Å²) in [4.78, 5) is 11.6. The minimum Gasteiger partial charge on any atom is -0.426 e. The standard InChI is InChI=1S/C15H18O3/c1-4-9-13(16)17-15(5-2)14(3,18-15)12-10-7-6-8-11-12/h4,6-11H,5H2,1-3H3. The first-order chi connectivity index (χ1) is 8.58. The SMILES string of the molecule is CC=CC(=O)OC1(CC)OC1(C)c1ccccc1. The summed E-state index contributed by atoms with van der Waals surface area (Å²) >= 11 is 0. The van der Waals surface area contributed by atoms with E-state index in [1.165, 1.54) is 6.08 Å². The predicted octanol–water partition coefficient (Wildman–Crippen LogP) is 3.16. The summed E-state index contributed by atoms with van der Waals surface area (Å²) in [5, 5.41) is 0. The van der Waals surface area contributed by atoms with E-state index in [1.807, 2.05) is 44.2 Å². The van der Waals surface area contributed by atoms with Gasteiger partial charge < -0.3 is 9.47 Å². The zero-order valence-electron chi connectivity index (χ0n) is 11.0. The largest absolute Gasteiger partial charge is 0.426 e. The van der Waals surface area contributed by atoms with Gasteiger partial charge in [0.05, 0.1) is 0 Å². The Bertz CT molecular complexity index is 466. The average Bonchev–Trinajstić information content (AvgIpc) is 2.98. The van der Waals surface area contributed by atoms with E-state index in [-0.39, 0.29) is 5.97 Å². The van der Waals surface area contributed by atoms with Gasteiger partial charge >= 0.3 is 5.97 Å². The molecule has 1 saturated heterocycles. The van der Waals surface area contributed by atoms with Crippen molar-refractivity contribution in [3.05, 3.63) is 48.0 Å². The van der Waals surface area contributed by atoms with Crippen LogP contribution < -0.4 is 0 Å². The summed E-state index contributed by atoms with van der Waals surface area (Å²) in [7, 11) is 0. The lowest BCUT2D eigenvalue weighted by Gasteiger charge is -2.15. The number of carbonyl (C=O) groups is 1. The monoisotopic (exact) mass is 246 g/mol. The fourth-order valence-electron chi connectivity index (χ4n) is 2.27. The first-order valence-corrected chi connectivity index (χ1v) is 6.19. The first-order valence-electron chi connectivity index (χ1n) is 6.19. The second-order valence-electron chi connectivity index (χ2n) is 4.53. The molecular formula is C15H18O3. The van der Waals surface area contributed by atoms with Crippen molar-refractivity contribution >= 4 is 5.97 Å². The molecule has 0 N–H and O–H groups in total. The minimum atomic E-state index is -0.828. The topological polar surface area (TPSA) is 38.8 Å². The van der Waals surface area contributed by atoms with E-state index in [4.69, 9.17) is 9.47 Å². The van der Waals surface area contributed by atoms with Gasteiger partial charge in [0, 0.05) is 12.5 Å². The van der Waals surface area contributed by atoms with Crippen LogP contribution in [0.1, 0.15) is 32.8 Å².